The fourth-order valence-electron chi connectivity index (χ4n) is 7.85. The van der Waals surface area contributed by atoms with Gasteiger partial charge in [0.2, 0.25) is 20.0 Å². The van der Waals surface area contributed by atoms with Crippen molar-refractivity contribution < 1.29 is 21.6 Å². The van der Waals surface area contributed by atoms with Gasteiger partial charge < -0.3 is 10.2 Å². The van der Waals surface area contributed by atoms with Gasteiger partial charge >= 0.3 is 6.03 Å². The molecule has 14 heteroatoms. The number of urea groups is 1. The van der Waals surface area contributed by atoms with E-state index in [1.165, 1.54) is 75.3 Å². The Morgan fingerprint density at radius 2 is 0.672 bits per heavy atom. The summed E-state index contributed by atoms with van der Waals surface area (Å²) < 4.78 is 59.1. The number of amides is 2. The molecule has 10 nitrogen and oxygen atoms in total. The second-order valence-corrected chi connectivity index (χ2v) is 23.2. The van der Waals surface area contributed by atoms with Gasteiger partial charge in [0.15, 0.2) is 0 Å². The largest absolute Gasteiger partial charge is 0.337 e. The number of carbonyl (C=O) groups excluding carboxylic acids is 1. The van der Waals surface area contributed by atoms with Gasteiger partial charge in [-0.2, -0.15) is 0 Å². The quantitative estimate of drug-likeness (QED) is 0.0474. The Morgan fingerprint density at radius 3 is 1.02 bits per heavy atom. The standard InChI is InChI=1S/C47H99N5O5S4/c1-7-11-15-19-21-32-43-50(41-30-17-13-9-3)60(54,55)45-35-25-23-28-38-49(40-34-27-37-48-47(53)52(58-5)59-6)39-29-24-26-36-46-61(56,57)51(42-31-18-14-10-4)44-33-22-20-16-12-8-2/h7-46H2,1-6H3,(H,48,53). The molecular weight excluding hydrogens is 843 g/mol. The van der Waals surface area contributed by atoms with Crippen molar-refractivity contribution in [3.63, 3.8) is 0 Å². The number of carbonyl (C=O) groups is 1. The molecule has 0 atom stereocenters. The summed E-state index contributed by atoms with van der Waals surface area (Å²) in [6.45, 7) is 15.1. The van der Waals surface area contributed by atoms with Gasteiger partial charge in [-0.3, -0.25) is 0 Å². The van der Waals surface area contributed by atoms with Crippen LogP contribution in [0.1, 0.15) is 220 Å². The normalized spacial score (nSPS) is 12.3. The van der Waals surface area contributed by atoms with E-state index in [0.29, 0.717) is 45.6 Å². The van der Waals surface area contributed by atoms with Crippen molar-refractivity contribution in [2.24, 2.45) is 0 Å². The lowest BCUT2D eigenvalue weighted by Gasteiger charge is -2.23. The van der Waals surface area contributed by atoms with Gasteiger partial charge in [0, 0.05) is 45.2 Å². The molecule has 2 amide bonds. The highest BCUT2D eigenvalue weighted by Crippen LogP contribution is 2.18. The number of hydrogen-bond acceptors (Lipinski definition) is 8. The molecule has 0 spiro atoms. The first kappa shape index (κ1) is 60.8. The first-order valence-corrected chi connectivity index (χ1v) is 30.9. The van der Waals surface area contributed by atoms with E-state index in [-0.39, 0.29) is 17.5 Å². The molecule has 0 rings (SSSR count). The average molecular weight is 943 g/mol. The predicted octanol–water partition coefficient (Wildman–Crippen LogP) is 12.9. The number of nitrogens with zero attached hydrogens (tertiary/aromatic N) is 4. The van der Waals surface area contributed by atoms with E-state index in [2.05, 4.69) is 37.9 Å². The molecule has 0 aliphatic heterocycles. The zero-order chi connectivity index (χ0) is 45.3. The highest BCUT2D eigenvalue weighted by molar-refractivity contribution is 8.12. The summed E-state index contributed by atoms with van der Waals surface area (Å²) in [6.07, 6.45) is 35.8. The van der Waals surface area contributed by atoms with Crippen LogP contribution in [0.25, 0.3) is 0 Å². The summed E-state index contributed by atoms with van der Waals surface area (Å²) in [5.41, 5.74) is 0. The Morgan fingerprint density at radius 1 is 0.393 bits per heavy atom. The van der Waals surface area contributed by atoms with Crippen molar-refractivity contribution in [1.29, 1.82) is 0 Å². The molecule has 0 saturated heterocycles. The third kappa shape index (κ3) is 34.7. The topological polar surface area (TPSA) is 110 Å². The maximum atomic E-state index is 13.5. The number of rotatable bonds is 47. The van der Waals surface area contributed by atoms with E-state index in [0.717, 1.165) is 148 Å². The highest BCUT2D eigenvalue weighted by atomic mass is 32.2. The zero-order valence-electron chi connectivity index (χ0n) is 40.7. The van der Waals surface area contributed by atoms with Crippen LogP contribution in [0.4, 0.5) is 4.79 Å². The minimum absolute atomic E-state index is 0.0649. The summed E-state index contributed by atoms with van der Waals surface area (Å²) in [4.78, 5) is 14.9. The van der Waals surface area contributed by atoms with Crippen LogP contribution in [-0.4, -0.2) is 116 Å². The number of nitrogens with one attached hydrogen (secondary N) is 1. The molecule has 0 bridgehead atoms. The maximum Gasteiger partial charge on any atom is 0.337 e. The third-order valence-electron chi connectivity index (χ3n) is 11.8. The maximum absolute atomic E-state index is 13.5. The molecule has 0 fully saturated rings. The van der Waals surface area contributed by atoms with Crippen LogP contribution in [0.5, 0.6) is 0 Å². The molecule has 0 aliphatic carbocycles. The molecule has 0 aliphatic rings. The van der Waals surface area contributed by atoms with Gasteiger partial charge in [-0.25, -0.2) is 34.0 Å². The molecule has 61 heavy (non-hydrogen) atoms. The van der Waals surface area contributed by atoms with Crippen molar-refractivity contribution >= 4 is 50.0 Å². The first-order chi connectivity index (χ1) is 29.5. The van der Waals surface area contributed by atoms with Crippen molar-refractivity contribution in [3.05, 3.63) is 0 Å². The van der Waals surface area contributed by atoms with Crippen molar-refractivity contribution in [2.75, 3.05) is 76.4 Å². The minimum Gasteiger partial charge on any atom is -0.337 e. The monoisotopic (exact) mass is 942 g/mol. The lowest BCUT2D eigenvalue weighted by atomic mass is 10.1. The van der Waals surface area contributed by atoms with E-state index in [1.54, 1.807) is 3.71 Å². The number of unbranched alkanes of at least 4 members (excludes halogenated alkanes) is 23. The summed E-state index contributed by atoms with van der Waals surface area (Å²) >= 11 is 2.81. The van der Waals surface area contributed by atoms with E-state index in [9.17, 15) is 21.6 Å². The van der Waals surface area contributed by atoms with Gasteiger partial charge in [0.1, 0.15) is 0 Å². The van der Waals surface area contributed by atoms with Crippen LogP contribution in [0, 0.1) is 0 Å². The third-order valence-corrected chi connectivity index (χ3v) is 17.6. The van der Waals surface area contributed by atoms with Gasteiger partial charge in [0.25, 0.3) is 0 Å². The number of sulfonamides is 2. The van der Waals surface area contributed by atoms with E-state index >= 15 is 0 Å². The van der Waals surface area contributed by atoms with Crippen LogP contribution >= 0.6 is 23.9 Å². The summed E-state index contributed by atoms with van der Waals surface area (Å²) in [5.74, 6) is 0.504. The second kappa shape index (κ2) is 42.4. The van der Waals surface area contributed by atoms with Crippen molar-refractivity contribution in [3.8, 4) is 0 Å². The Kier molecular flexibility index (Phi) is 42.2. The number of hydrogen-bond donors (Lipinski definition) is 1. The minimum atomic E-state index is -3.25. The van der Waals surface area contributed by atoms with Crippen LogP contribution in [0.15, 0.2) is 0 Å². The summed E-state index contributed by atoms with van der Waals surface area (Å²) in [5, 5.41) is 3.03. The SMILES string of the molecule is CCCCCCCCN(CCCCCC)S(=O)(=O)CCCCCCN(CCCCCCS(=O)(=O)N(CCCCCC)CCCCCCCC)CCCCNC(=O)N(SC)SC. The van der Waals surface area contributed by atoms with E-state index in [4.69, 9.17) is 0 Å². The lowest BCUT2D eigenvalue weighted by Crippen LogP contribution is -2.35. The van der Waals surface area contributed by atoms with Crippen molar-refractivity contribution in [2.45, 2.75) is 220 Å². The summed E-state index contributed by atoms with van der Waals surface area (Å²) in [6, 6.07) is -0.0649. The van der Waals surface area contributed by atoms with Crippen LogP contribution in [0.3, 0.4) is 0 Å². The molecule has 0 aromatic heterocycles. The van der Waals surface area contributed by atoms with Crippen LogP contribution in [0.2, 0.25) is 0 Å². The highest BCUT2D eigenvalue weighted by Gasteiger charge is 2.22. The van der Waals surface area contributed by atoms with Crippen LogP contribution in [-0.2, 0) is 20.0 Å². The smallest absolute Gasteiger partial charge is 0.337 e. The fraction of sp³-hybridized carbons (Fsp3) is 0.979. The predicted molar refractivity (Wildman–Crippen MR) is 271 cm³/mol. The van der Waals surface area contributed by atoms with Gasteiger partial charge in [-0.15, -0.1) is 0 Å². The van der Waals surface area contributed by atoms with Crippen molar-refractivity contribution in [1.82, 2.24) is 22.5 Å². The van der Waals surface area contributed by atoms with Gasteiger partial charge in [-0.05, 0) is 108 Å². The Bertz CT molecular complexity index is 1120. The molecule has 0 aromatic rings. The van der Waals surface area contributed by atoms with E-state index in [1.807, 2.05) is 21.1 Å². The second-order valence-electron chi connectivity index (χ2n) is 17.3. The molecule has 366 valence electrons. The Hall–Kier alpha value is -0.250. The Labute approximate surface area is 388 Å². The average Bonchev–Trinajstić information content (AvgIpc) is 3.24. The molecule has 0 heterocycles. The molecule has 0 radical (unpaired) electrons. The molecule has 0 unspecified atom stereocenters. The Balaban J connectivity index is 5.05. The summed E-state index contributed by atoms with van der Waals surface area (Å²) in [7, 11) is -6.49. The van der Waals surface area contributed by atoms with Crippen LogP contribution < -0.4 is 5.32 Å². The molecule has 0 aromatic carbocycles. The zero-order valence-corrected chi connectivity index (χ0v) is 44.0. The van der Waals surface area contributed by atoms with E-state index < -0.39 is 20.0 Å². The lowest BCUT2D eigenvalue weighted by molar-refractivity contribution is 0.236. The van der Waals surface area contributed by atoms with Gasteiger partial charge in [-0.1, -0.05) is 156 Å². The molecule has 0 saturated carbocycles. The first-order valence-electron chi connectivity index (χ1n) is 25.4. The van der Waals surface area contributed by atoms with Gasteiger partial charge in [0.05, 0.1) is 11.5 Å². The molecule has 1 N–H and O–H groups in total. The molecular formula is C47H99N5O5S4. The fourth-order valence-corrected chi connectivity index (χ4v) is 12.2.